The molecule has 0 unspecified atom stereocenters. The van der Waals surface area contributed by atoms with E-state index in [0.717, 1.165) is 12.0 Å². The van der Waals surface area contributed by atoms with Gasteiger partial charge in [0, 0.05) is 5.56 Å². The van der Waals surface area contributed by atoms with Crippen LogP contribution < -0.4 is 11.5 Å². The van der Waals surface area contributed by atoms with Crippen LogP contribution in [0.25, 0.3) is 11.3 Å². The molecule has 0 aliphatic carbocycles. The molecule has 4 N–H and O–H groups in total. The van der Waals surface area contributed by atoms with E-state index in [1.807, 2.05) is 13.0 Å². The molecule has 2 rings (SSSR count). The van der Waals surface area contributed by atoms with Gasteiger partial charge >= 0.3 is 0 Å². The lowest BCUT2D eigenvalue weighted by atomic mass is 10.0. The number of nitrogens with two attached hydrogens (primary N) is 2. The lowest BCUT2D eigenvalue weighted by molar-refractivity contribution is 0.628. The van der Waals surface area contributed by atoms with Crippen LogP contribution in [0.3, 0.4) is 0 Å². The van der Waals surface area contributed by atoms with Crippen LogP contribution in [0.1, 0.15) is 18.1 Å². The van der Waals surface area contributed by atoms with Gasteiger partial charge in [-0.25, -0.2) is 9.37 Å². The van der Waals surface area contributed by atoms with Gasteiger partial charge < -0.3 is 11.5 Å². The van der Waals surface area contributed by atoms with Gasteiger partial charge in [0.2, 0.25) is 5.95 Å². The fraction of sp³-hybridized carbons (Fsp3) is 0.154. The average Bonchev–Trinajstić information content (AvgIpc) is 2.37. The number of rotatable bonds is 2. The van der Waals surface area contributed by atoms with E-state index >= 15 is 0 Å². The molecule has 0 fully saturated rings. The van der Waals surface area contributed by atoms with E-state index in [1.54, 1.807) is 12.1 Å². The van der Waals surface area contributed by atoms with Crippen molar-refractivity contribution in [2.24, 2.45) is 0 Å². The van der Waals surface area contributed by atoms with E-state index in [9.17, 15) is 4.39 Å². The van der Waals surface area contributed by atoms with Gasteiger partial charge in [0.15, 0.2) is 0 Å². The van der Waals surface area contributed by atoms with E-state index in [-0.39, 0.29) is 28.6 Å². The standard InChI is InChI=1S/C13H12FN5/c1-2-7-3-4-8(10(14)5-7)11-9(6-15)12(16)19-13(17)18-11/h3-5H,2H2,1H3,(H4,16,17,18,19). The van der Waals surface area contributed by atoms with Crippen molar-refractivity contribution in [1.29, 1.82) is 5.26 Å². The van der Waals surface area contributed by atoms with Crippen molar-refractivity contribution in [3.63, 3.8) is 0 Å². The largest absolute Gasteiger partial charge is 0.382 e. The van der Waals surface area contributed by atoms with Crippen LogP contribution in [0.5, 0.6) is 0 Å². The van der Waals surface area contributed by atoms with Crippen molar-refractivity contribution in [3.05, 3.63) is 35.1 Å². The minimum atomic E-state index is -0.464. The monoisotopic (exact) mass is 257 g/mol. The molecule has 0 radical (unpaired) electrons. The molecule has 1 aromatic heterocycles. The SMILES string of the molecule is CCc1ccc(-c2nc(N)nc(N)c2C#N)c(F)c1. The van der Waals surface area contributed by atoms with E-state index < -0.39 is 5.82 Å². The van der Waals surface area contributed by atoms with Gasteiger partial charge in [0.1, 0.15) is 23.3 Å². The number of nitrogen functional groups attached to an aromatic ring is 2. The fourth-order valence-electron chi connectivity index (χ4n) is 1.77. The predicted molar refractivity (Wildman–Crippen MR) is 70.3 cm³/mol. The summed E-state index contributed by atoms with van der Waals surface area (Å²) in [6.45, 7) is 1.93. The smallest absolute Gasteiger partial charge is 0.222 e. The van der Waals surface area contributed by atoms with Crippen LogP contribution in [0.4, 0.5) is 16.2 Å². The summed E-state index contributed by atoms with van der Waals surface area (Å²) in [4.78, 5) is 7.61. The van der Waals surface area contributed by atoms with Gasteiger partial charge in [-0.2, -0.15) is 10.2 Å². The number of aromatic nitrogens is 2. The van der Waals surface area contributed by atoms with Crippen molar-refractivity contribution in [2.45, 2.75) is 13.3 Å². The van der Waals surface area contributed by atoms with E-state index in [2.05, 4.69) is 9.97 Å². The summed E-state index contributed by atoms with van der Waals surface area (Å²) >= 11 is 0. The molecule has 0 saturated heterocycles. The first-order chi connectivity index (χ1) is 9.06. The zero-order valence-corrected chi connectivity index (χ0v) is 10.3. The Labute approximate surface area is 109 Å². The average molecular weight is 257 g/mol. The Morgan fingerprint density at radius 1 is 1.32 bits per heavy atom. The molecule has 0 spiro atoms. The highest BCUT2D eigenvalue weighted by atomic mass is 19.1. The second-order valence-corrected chi connectivity index (χ2v) is 3.97. The van der Waals surface area contributed by atoms with Crippen molar-refractivity contribution < 1.29 is 4.39 Å². The number of halogens is 1. The molecule has 0 atom stereocenters. The van der Waals surface area contributed by atoms with Crippen LogP contribution in [0, 0.1) is 17.1 Å². The Morgan fingerprint density at radius 2 is 2.05 bits per heavy atom. The van der Waals surface area contributed by atoms with Gasteiger partial charge in [0.25, 0.3) is 0 Å². The topological polar surface area (TPSA) is 102 Å². The van der Waals surface area contributed by atoms with E-state index in [1.165, 1.54) is 6.07 Å². The summed E-state index contributed by atoms with van der Waals surface area (Å²) in [5.41, 5.74) is 12.3. The first kappa shape index (κ1) is 12.8. The van der Waals surface area contributed by atoms with E-state index in [0.29, 0.717) is 0 Å². The quantitative estimate of drug-likeness (QED) is 0.855. The predicted octanol–water partition coefficient (Wildman–Crippen LogP) is 1.88. The van der Waals surface area contributed by atoms with Gasteiger partial charge in [0.05, 0.1) is 5.69 Å². The molecule has 5 nitrogen and oxygen atoms in total. The number of nitriles is 1. The van der Waals surface area contributed by atoms with Crippen molar-refractivity contribution >= 4 is 11.8 Å². The van der Waals surface area contributed by atoms with Crippen LogP contribution in [-0.2, 0) is 6.42 Å². The summed E-state index contributed by atoms with van der Waals surface area (Å²) in [7, 11) is 0. The molecule has 0 aliphatic rings. The Kier molecular flexibility index (Phi) is 3.29. The maximum absolute atomic E-state index is 14.1. The highest BCUT2D eigenvalue weighted by Crippen LogP contribution is 2.28. The van der Waals surface area contributed by atoms with Crippen LogP contribution in [0.15, 0.2) is 18.2 Å². The molecule has 0 amide bonds. The third kappa shape index (κ3) is 2.31. The maximum atomic E-state index is 14.1. The van der Waals surface area contributed by atoms with Crippen molar-refractivity contribution in [1.82, 2.24) is 9.97 Å². The summed E-state index contributed by atoms with van der Waals surface area (Å²) in [6.07, 6.45) is 0.719. The lowest BCUT2D eigenvalue weighted by Crippen LogP contribution is -2.05. The number of hydrogen-bond acceptors (Lipinski definition) is 5. The number of benzene rings is 1. The Hall–Kier alpha value is -2.68. The van der Waals surface area contributed by atoms with Crippen molar-refractivity contribution in [3.8, 4) is 17.3 Å². The zero-order valence-electron chi connectivity index (χ0n) is 10.3. The first-order valence-corrected chi connectivity index (χ1v) is 5.68. The number of nitrogens with zero attached hydrogens (tertiary/aromatic N) is 3. The van der Waals surface area contributed by atoms with Gasteiger partial charge in [-0.3, -0.25) is 0 Å². The Morgan fingerprint density at radius 3 is 2.63 bits per heavy atom. The highest BCUT2D eigenvalue weighted by Gasteiger charge is 2.16. The molecule has 2 aromatic rings. The number of hydrogen-bond donors (Lipinski definition) is 2. The minimum Gasteiger partial charge on any atom is -0.382 e. The first-order valence-electron chi connectivity index (χ1n) is 5.68. The van der Waals surface area contributed by atoms with Gasteiger partial charge in [-0.15, -0.1) is 0 Å². The van der Waals surface area contributed by atoms with Crippen LogP contribution in [0.2, 0.25) is 0 Å². The van der Waals surface area contributed by atoms with Crippen LogP contribution in [-0.4, -0.2) is 9.97 Å². The summed E-state index contributed by atoms with van der Waals surface area (Å²) in [5, 5.41) is 9.07. The maximum Gasteiger partial charge on any atom is 0.222 e. The fourth-order valence-corrected chi connectivity index (χ4v) is 1.77. The normalized spacial score (nSPS) is 10.2. The summed E-state index contributed by atoms with van der Waals surface area (Å²) in [5.74, 6) is -0.609. The summed E-state index contributed by atoms with van der Waals surface area (Å²) < 4.78 is 14.1. The molecule has 19 heavy (non-hydrogen) atoms. The Bertz CT molecular complexity index is 675. The second-order valence-electron chi connectivity index (χ2n) is 3.97. The third-order valence-electron chi connectivity index (χ3n) is 2.76. The third-order valence-corrected chi connectivity index (χ3v) is 2.76. The Balaban J connectivity index is 2.69. The van der Waals surface area contributed by atoms with Gasteiger partial charge in [-0.05, 0) is 24.1 Å². The molecule has 1 aromatic carbocycles. The lowest BCUT2D eigenvalue weighted by Gasteiger charge is -2.08. The molecular weight excluding hydrogens is 245 g/mol. The van der Waals surface area contributed by atoms with Crippen molar-refractivity contribution in [2.75, 3.05) is 11.5 Å². The molecule has 6 heteroatoms. The summed E-state index contributed by atoms with van der Waals surface area (Å²) in [6, 6.07) is 6.62. The van der Waals surface area contributed by atoms with E-state index in [4.69, 9.17) is 16.7 Å². The molecular formula is C13H12FN5. The molecule has 1 heterocycles. The molecule has 96 valence electrons. The minimum absolute atomic E-state index is 0.0253. The molecule has 0 bridgehead atoms. The molecule has 0 aliphatic heterocycles. The van der Waals surface area contributed by atoms with Crippen LogP contribution >= 0.6 is 0 Å². The number of anilines is 2. The second kappa shape index (κ2) is 4.90. The zero-order chi connectivity index (χ0) is 14.0. The van der Waals surface area contributed by atoms with Gasteiger partial charge in [-0.1, -0.05) is 13.0 Å². The number of aryl methyl sites for hydroxylation is 1. The molecule has 0 saturated carbocycles. The highest BCUT2D eigenvalue weighted by molar-refractivity contribution is 5.73.